The molecule has 1 N–H and O–H groups in total. The summed E-state index contributed by atoms with van der Waals surface area (Å²) in [4.78, 5) is 22.4. The quantitative estimate of drug-likeness (QED) is 0.574. The van der Waals surface area contributed by atoms with E-state index in [9.17, 15) is 18.4 Å². The Labute approximate surface area is 111 Å². The van der Waals surface area contributed by atoms with Crippen molar-refractivity contribution in [1.29, 1.82) is 0 Å². The van der Waals surface area contributed by atoms with Crippen LogP contribution in [0, 0.1) is 11.3 Å². The smallest absolute Gasteiger partial charge is 0.307 e. The van der Waals surface area contributed by atoms with E-state index in [1.807, 2.05) is 0 Å². The van der Waals surface area contributed by atoms with Crippen LogP contribution in [-0.4, -0.2) is 29.6 Å². The van der Waals surface area contributed by atoms with Crippen LogP contribution in [0.1, 0.15) is 33.6 Å². The molecule has 0 rings (SSSR count). The van der Waals surface area contributed by atoms with Crippen LogP contribution in [0.25, 0.3) is 0 Å². The number of carboxylic acid groups (broad SMARTS) is 1. The molecular formula is C13H20F2O4. The lowest BCUT2D eigenvalue weighted by Gasteiger charge is -2.26. The number of carbonyl (C=O) groups excluding carboxylic acids is 1. The summed E-state index contributed by atoms with van der Waals surface area (Å²) in [6, 6.07) is 0. The minimum atomic E-state index is -3.17. The number of hydrogen-bond donors (Lipinski definition) is 1. The molecule has 4 nitrogen and oxygen atoms in total. The Morgan fingerprint density at radius 3 is 2.26 bits per heavy atom. The lowest BCUT2D eigenvalue weighted by atomic mass is 9.79. The number of hydrogen-bond acceptors (Lipinski definition) is 3. The van der Waals surface area contributed by atoms with E-state index in [1.54, 1.807) is 20.8 Å². The van der Waals surface area contributed by atoms with Crippen molar-refractivity contribution in [3.05, 3.63) is 12.7 Å². The molecule has 0 aliphatic carbocycles. The van der Waals surface area contributed by atoms with Crippen molar-refractivity contribution in [2.75, 3.05) is 6.61 Å². The van der Waals surface area contributed by atoms with Gasteiger partial charge in [-0.05, 0) is 5.41 Å². The van der Waals surface area contributed by atoms with Crippen molar-refractivity contribution in [2.24, 2.45) is 11.3 Å². The third kappa shape index (κ3) is 6.88. The SMILES string of the molecule is C=CCC(F)(F)COC(=O)C[C@H](C(=O)O)C(C)(C)C. The second-order valence-electron chi connectivity index (χ2n) is 5.47. The van der Waals surface area contributed by atoms with Crippen molar-refractivity contribution in [3.63, 3.8) is 0 Å². The predicted octanol–water partition coefficient (Wildman–Crippen LogP) is 2.88. The Bertz CT molecular complexity index is 345. The number of allylic oxidation sites excluding steroid dienone is 1. The predicted molar refractivity (Wildman–Crippen MR) is 65.9 cm³/mol. The Kier molecular flexibility index (Phi) is 6.12. The van der Waals surface area contributed by atoms with Gasteiger partial charge in [0, 0.05) is 6.42 Å². The van der Waals surface area contributed by atoms with Crippen LogP contribution >= 0.6 is 0 Å². The second kappa shape index (κ2) is 6.63. The third-order valence-electron chi connectivity index (χ3n) is 2.60. The molecule has 0 aromatic carbocycles. The average Bonchev–Trinajstić information content (AvgIpc) is 2.21. The summed E-state index contributed by atoms with van der Waals surface area (Å²) in [6.07, 6.45) is 0.00789. The van der Waals surface area contributed by atoms with Crippen molar-refractivity contribution in [1.82, 2.24) is 0 Å². The van der Waals surface area contributed by atoms with Gasteiger partial charge in [0.2, 0.25) is 0 Å². The number of carbonyl (C=O) groups is 2. The van der Waals surface area contributed by atoms with E-state index in [2.05, 4.69) is 11.3 Å². The van der Waals surface area contributed by atoms with Gasteiger partial charge >= 0.3 is 11.9 Å². The van der Waals surface area contributed by atoms with E-state index in [0.29, 0.717) is 0 Å². The second-order valence-corrected chi connectivity index (χ2v) is 5.47. The Morgan fingerprint density at radius 1 is 1.37 bits per heavy atom. The highest BCUT2D eigenvalue weighted by Crippen LogP contribution is 2.29. The fourth-order valence-corrected chi connectivity index (χ4v) is 1.45. The first-order valence-corrected chi connectivity index (χ1v) is 5.87. The molecule has 0 amide bonds. The summed E-state index contributed by atoms with van der Waals surface area (Å²) in [5.74, 6) is -6.24. The summed E-state index contributed by atoms with van der Waals surface area (Å²) in [5, 5.41) is 9.00. The van der Waals surface area contributed by atoms with Gasteiger partial charge in [-0.2, -0.15) is 0 Å². The molecule has 0 heterocycles. The standard InChI is InChI=1S/C13H20F2O4/c1-5-6-13(14,15)8-19-10(16)7-9(11(17)18)12(2,3)4/h5,9H,1,6-8H2,2-4H3,(H,17,18)/t9-/m1/s1. The molecule has 0 aliphatic rings. The molecular weight excluding hydrogens is 258 g/mol. The lowest BCUT2D eigenvalue weighted by Crippen LogP contribution is -2.32. The van der Waals surface area contributed by atoms with Crippen molar-refractivity contribution in [2.45, 2.75) is 39.5 Å². The maximum Gasteiger partial charge on any atom is 0.307 e. The average molecular weight is 278 g/mol. The van der Waals surface area contributed by atoms with Crippen molar-refractivity contribution in [3.8, 4) is 0 Å². The first kappa shape index (κ1) is 17.5. The van der Waals surface area contributed by atoms with Gasteiger partial charge < -0.3 is 9.84 Å². The highest BCUT2D eigenvalue weighted by molar-refractivity contribution is 5.79. The maximum atomic E-state index is 13.0. The number of halogens is 2. The largest absolute Gasteiger partial charge is 0.481 e. The Morgan fingerprint density at radius 2 is 1.89 bits per heavy atom. The van der Waals surface area contributed by atoms with Crippen LogP contribution in [0.3, 0.4) is 0 Å². The minimum absolute atomic E-state index is 0.428. The molecule has 0 aromatic rings. The van der Waals surface area contributed by atoms with Crippen molar-refractivity contribution >= 4 is 11.9 Å². The molecule has 0 saturated carbocycles. The van der Waals surface area contributed by atoms with Gasteiger partial charge in [0.25, 0.3) is 5.92 Å². The molecule has 110 valence electrons. The Balaban J connectivity index is 4.45. The van der Waals surface area contributed by atoms with Crippen LogP contribution in [0.5, 0.6) is 0 Å². The van der Waals surface area contributed by atoms with Gasteiger partial charge in [-0.1, -0.05) is 26.8 Å². The van der Waals surface area contributed by atoms with Gasteiger partial charge in [0.1, 0.15) is 0 Å². The van der Waals surface area contributed by atoms with Crippen LogP contribution in [0.2, 0.25) is 0 Å². The van der Waals surface area contributed by atoms with Gasteiger partial charge in [-0.3, -0.25) is 9.59 Å². The van der Waals surface area contributed by atoms with Gasteiger partial charge in [0.15, 0.2) is 6.61 Å². The number of aliphatic carboxylic acids is 1. The van der Waals surface area contributed by atoms with Gasteiger partial charge in [-0.25, -0.2) is 8.78 Å². The monoisotopic (exact) mass is 278 g/mol. The summed E-state index contributed by atoms with van der Waals surface area (Å²) >= 11 is 0. The molecule has 0 spiro atoms. The fraction of sp³-hybridized carbons (Fsp3) is 0.692. The zero-order chi connectivity index (χ0) is 15.3. The van der Waals surface area contributed by atoms with Crippen LogP contribution in [-0.2, 0) is 14.3 Å². The molecule has 0 radical (unpaired) electrons. The topological polar surface area (TPSA) is 63.6 Å². The summed E-state index contributed by atoms with van der Waals surface area (Å²) in [5.41, 5.74) is -0.658. The molecule has 6 heteroatoms. The normalized spacial score (nSPS) is 13.7. The third-order valence-corrected chi connectivity index (χ3v) is 2.60. The van der Waals surface area contributed by atoms with Crippen molar-refractivity contribution < 1.29 is 28.2 Å². The number of rotatable bonds is 7. The molecule has 0 bridgehead atoms. The fourth-order valence-electron chi connectivity index (χ4n) is 1.45. The maximum absolute atomic E-state index is 13.0. The zero-order valence-electron chi connectivity index (χ0n) is 11.4. The number of alkyl halides is 2. The van der Waals surface area contributed by atoms with E-state index in [0.717, 1.165) is 6.08 Å². The molecule has 19 heavy (non-hydrogen) atoms. The molecule has 0 unspecified atom stereocenters. The highest BCUT2D eigenvalue weighted by Gasteiger charge is 2.35. The summed E-state index contributed by atoms with van der Waals surface area (Å²) in [7, 11) is 0. The van der Waals surface area contributed by atoms with Crippen LogP contribution < -0.4 is 0 Å². The van der Waals surface area contributed by atoms with E-state index in [4.69, 9.17) is 5.11 Å². The minimum Gasteiger partial charge on any atom is -0.481 e. The highest BCUT2D eigenvalue weighted by atomic mass is 19.3. The van der Waals surface area contributed by atoms with E-state index in [-0.39, 0.29) is 0 Å². The lowest BCUT2D eigenvalue weighted by molar-refractivity contribution is -0.161. The first-order valence-electron chi connectivity index (χ1n) is 5.87. The molecule has 0 fully saturated rings. The van der Waals surface area contributed by atoms with E-state index < -0.39 is 48.6 Å². The molecule has 0 saturated heterocycles. The molecule has 0 aliphatic heterocycles. The molecule has 0 aromatic heterocycles. The van der Waals surface area contributed by atoms with Crippen LogP contribution in [0.4, 0.5) is 8.78 Å². The van der Waals surface area contributed by atoms with Gasteiger partial charge in [-0.15, -0.1) is 6.58 Å². The first-order chi connectivity index (χ1) is 8.49. The summed E-state index contributed by atoms with van der Waals surface area (Å²) in [6.45, 7) is 7.09. The zero-order valence-corrected chi connectivity index (χ0v) is 11.4. The van der Waals surface area contributed by atoms with E-state index in [1.165, 1.54) is 0 Å². The van der Waals surface area contributed by atoms with E-state index >= 15 is 0 Å². The Hall–Kier alpha value is -1.46. The number of esters is 1. The van der Waals surface area contributed by atoms with Crippen LogP contribution in [0.15, 0.2) is 12.7 Å². The van der Waals surface area contributed by atoms with Gasteiger partial charge in [0.05, 0.1) is 12.3 Å². The summed E-state index contributed by atoms with van der Waals surface area (Å²) < 4.78 is 30.5. The number of carboxylic acids is 1. The molecule has 1 atom stereocenters. The number of ether oxygens (including phenoxy) is 1.